The molecule has 0 atom stereocenters. The second-order valence-corrected chi connectivity index (χ2v) is 6.30. The quantitative estimate of drug-likeness (QED) is 0.562. The van der Waals surface area contributed by atoms with Crippen molar-refractivity contribution >= 4 is 17.5 Å². The van der Waals surface area contributed by atoms with E-state index in [-0.39, 0.29) is 39.7 Å². The third kappa shape index (κ3) is 4.68. The van der Waals surface area contributed by atoms with E-state index in [0.717, 1.165) is 12.1 Å². The van der Waals surface area contributed by atoms with Crippen LogP contribution >= 0.6 is 11.6 Å². The molecule has 1 N–H and O–H groups in total. The van der Waals surface area contributed by atoms with Gasteiger partial charge < -0.3 is 14.6 Å². The summed E-state index contributed by atoms with van der Waals surface area (Å²) in [6.45, 7) is 1.17. The third-order valence-corrected chi connectivity index (χ3v) is 4.24. The monoisotopic (exact) mass is 428 g/mol. The fraction of sp³-hybridized carbons (Fsp3) is 0.158. The molecule has 1 heterocycles. The van der Waals surface area contributed by atoms with Crippen molar-refractivity contribution in [2.45, 2.75) is 19.8 Å². The number of carbonyl (C=O) groups is 1. The van der Waals surface area contributed by atoms with Crippen LogP contribution in [0.15, 0.2) is 47.0 Å². The molecule has 0 aliphatic carbocycles. The lowest BCUT2D eigenvalue weighted by Gasteiger charge is -2.13. The number of hydrogen-bond acceptors (Lipinski definition) is 4. The number of nitrogens with zero attached hydrogens (tertiary/aromatic N) is 1. The largest absolute Gasteiger partial charge is 0.573 e. The Morgan fingerprint density at radius 3 is 2.62 bits per heavy atom. The summed E-state index contributed by atoms with van der Waals surface area (Å²) in [5, 5.41) is 6.21. The van der Waals surface area contributed by atoms with Gasteiger partial charge in [-0.25, -0.2) is 4.39 Å². The first-order valence-electron chi connectivity index (χ1n) is 8.20. The lowest BCUT2D eigenvalue weighted by Crippen LogP contribution is -2.25. The summed E-state index contributed by atoms with van der Waals surface area (Å²) in [5.74, 6) is -1.78. The number of para-hydroxylation sites is 1. The zero-order chi connectivity index (χ0) is 21.2. The standard InChI is InChI=1S/C19H13ClF4N2O3/c1-10-15(17(26-29-10)16-12(20)6-4-7-13(16)21)18(27)25-9-11-5-2-3-8-14(11)28-19(22,23)24/h2-8H,9H2,1H3,(H,25,27). The van der Waals surface area contributed by atoms with Crippen molar-refractivity contribution in [1.82, 2.24) is 10.5 Å². The number of nitrogens with one attached hydrogen (secondary N) is 1. The fourth-order valence-corrected chi connectivity index (χ4v) is 2.92. The summed E-state index contributed by atoms with van der Waals surface area (Å²) >= 11 is 6.03. The van der Waals surface area contributed by atoms with E-state index >= 15 is 0 Å². The van der Waals surface area contributed by atoms with Crippen LogP contribution in [0.2, 0.25) is 5.02 Å². The van der Waals surface area contributed by atoms with Crippen molar-refractivity contribution in [1.29, 1.82) is 0 Å². The van der Waals surface area contributed by atoms with Crippen molar-refractivity contribution in [3.63, 3.8) is 0 Å². The molecule has 0 aliphatic heterocycles. The van der Waals surface area contributed by atoms with Crippen molar-refractivity contribution in [3.05, 3.63) is 70.2 Å². The molecule has 1 amide bonds. The number of alkyl halides is 3. The molecule has 0 fully saturated rings. The topological polar surface area (TPSA) is 64.4 Å². The van der Waals surface area contributed by atoms with Gasteiger partial charge in [-0.2, -0.15) is 0 Å². The van der Waals surface area contributed by atoms with E-state index < -0.39 is 23.8 Å². The molecule has 0 saturated carbocycles. The predicted molar refractivity (Wildman–Crippen MR) is 95.9 cm³/mol. The Bertz CT molecular complexity index is 1030. The maximum Gasteiger partial charge on any atom is 0.573 e. The number of halogens is 5. The van der Waals surface area contributed by atoms with Crippen LogP contribution in [0.3, 0.4) is 0 Å². The zero-order valence-corrected chi connectivity index (χ0v) is 15.6. The lowest BCUT2D eigenvalue weighted by molar-refractivity contribution is -0.274. The molecule has 3 rings (SSSR count). The van der Waals surface area contributed by atoms with E-state index in [4.69, 9.17) is 16.1 Å². The summed E-state index contributed by atoms with van der Waals surface area (Å²) in [6, 6.07) is 9.34. The minimum absolute atomic E-state index is 0.0243. The molecule has 29 heavy (non-hydrogen) atoms. The van der Waals surface area contributed by atoms with E-state index in [1.165, 1.54) is 37.3 Å². The number of carbonyl (C=O) groups excluding carboxylic acids is 1. The molecule has 5 nitrogen and oxygen atoms in total. The zero-order valence-electron chi connectivity index (χ0n) is 14.8. The van der Waals surface area contributed by atoms with Gasteiger partial charge in [-0.15, -0.1) is 13.2 Å². The SMILES string of the molecule is Cc1onc(-c2c(F)cccc2Cl)c1C(=O)NCc1ccccc1OC(F)(F)F. The number of benzene rings is 2. The van der Waals surface area contributed by atoms with Crippen LogP contribution in [0.5, 0.6) is 5.75 Å². The van der Waals surface area contributed by atoms with Gasteiger partial charge in [0.15, 0.2) is 0 Å². The van der Waals surface area contributed by atoms with Gasteiger partial charge in [0.25, 0.3) is 5.91 Å². The van der Waals surface area contributed by atoms with Gasteiger partial charge in [0.2, 0.25) is 0 Å². The van der Waals surface area contributed by atoms with Crippen molar-refractivity contribution < 1.29 is 31.6 Å². The van der Waals surface area contributed by atoms with Crippen LogP contribution in [-0.2, 0) is 6.54 Å². The fourth-order valence-electron chi connectivity index (χ4n) is 2.67. The molecule has 2 aromatic carbocycles. The van der Waals surface area contributed by atoms with Gasteiger partial charge in [0.05, 0.1) is 10.6 Å². The average Bonchev–Trinajstić information content (AvgIpc) is 3.00. The Balaban J connectivity index is 1.86. The first-order valence-corrected chi connectivity index (χ1v) is 8.57. The van der Waals surface area contributed by atoms with Gasteiger partial charge in [0, 0.05) is 12.1 Å². The van der Waals surface area contributed by atoms with E-state index in [1.807, 2.05) is 0 Å². The van der Waals surface area contributed by atoms with E-state index in [9.17, 15) is 22.4 Å². The van der Waals surface area contributed by atoms with Crippen LogP contribution in [0.25, 0.3) is 11.3 Å². The highest BCUT2D eigenvalue weighted by molar-refractivity contribution is 6.33. The number of hydrogen-bond donors (Lipinski definition) is 1. The Kier molecular flexibility index (Phi) is 5.78. The summed E-state index contributed by atoms with van der Waals surface area (Å²) in [7, 11) is 0. The minimum atomic E-state index is -4.88. The normalized spacial score (nSPS) is 11.4. The van der Waals surface area contributed by atoms with Crippen LogP contribution in [0, 0.1) is 12.7 Å². The first-order chi connectivity index (χ1) is 13.7. The molecule has 10 heteroatoms. The molecule has 0 spiro atoms. The Morgan fingerprint density at radius 2 is 1.93 bits per heavy atom. The third-order valence-electron chi connectivity index (χ3n) is 3.93. The number of ether oxygens (including phenoxy) is 1. The van der Waals surface area contributed by atoms with Crippen LogP contribution < -0.4 is 10.1 Å². The molecule has 0 unspecified atom stereocenters. The molecular weight excluding hydrogens is 416 g/mol. The highest BCUT2D eigenvalue weighted by Gasteiger charge is 2.32. The van der Waals surface area contributed by atoms with Crippen LogP contribution in [0.4, 0.5) is 17.6 Å². The minimum Gasteiger partial charge on any atom is -0.405 e. The summed E-state index contributed by atoms with van der Waals surface area (Å²) in [5.41, 5.74) is -0.205. The smallest absolute Gasteiger partial charge is 0.405 e. The van der Waals surface area contributed by atoms with Gasteiger partial charge in [-0.3, -0.25) is 4.79 Å². The second kappa shape index (κ2) is 8.12. The lowest BCUT2D eigenvalue weighted by atomic mass is 10.0. The van der Waals surface area contributed by atoms with Gasteiger partial charge >= 0.3 is 6.36 Å². The second-order valence-electron chi connectivity index (χ2n) is 5.90. The van der Waals surface area contributed by atoms with Crippen LogP contribution in [0.1, 0.15) is 21.7 Å². The summed E-state index contributed by atoms with van der Waals surface area (Å²) in [4.78, 5) is 12.7. The molecule has 0 aliphatic rings. The molecule has 152 valence electrons. The Morgan fingerprint density at radius 1 is 1.21 bits per heavy atom. The van der Waals surface area contributed by atoms with E-state index in [1.54, 1.807) is 0 Å². The number of aromatic nitrogens is 1. The highest BCUT2D eigenvalue weighted by atomic mass is 35.5. The first kappa shape index (κ1) is 20.7. The van der Waals surface area contributed by atoms with Gasteiger partial charge in [-0.1, -0.05) is 41.0 Å². The number of aryl methyl sites for hydroxylation is 1. The maximum absolute atomic E-state index is 14.2. The number of rotatable bonds is 5. The van der Waals surface area contributed by atoms with Crippen molar-refractivity contribution in [2.24, 2.45) is 0 Å². The molecule has 0 bridgehead atoms. The van der Waals surface area contributed by atoms with Gasteiger partial charge in [0.1, 0.15) is 28.6 Å². The molecule has 0 saturated heterocycles. The summed E-state index contributed by atoms with van der Waals surface area (Å²) in [6.07, 6.45) is -4.88. The van der Waals surface area contributed by atoms with E-state index in [0.29, 0.717) is 0 Å². The molecular formula is C19H13ClF4N2O3. The Labute approximate surface area is 167 Å². The van der Waals surface area contributed by atoms with E-state index in [2.05, 4.69) is 15.2 Å². The molecule has 3 aromatic rings. The van der Waals surface area contributed by atoms with Crippen molar-refractivity contribution in [3.8, 4) is 17.0 Å². The van der Waals surface area contributed by atoms with Crippen LogP contribution in [-0.4, -0.2) is 17.4 Å². The Hall–Kier alpha value is -3.07. The molecule has 1 aromatic heterocycles. The average molecular weight is 429 g/mol. The predicted octanol–water partition coefficient (Wildman–Crippen LogP) is 5.27. The summed E-state index contributed by atoms with van der Waals surface area (Å²) < 4.78 is 60.8. The maximum atomic E-state index is 14.2. The van der Waals surface area contributed by atoms with Gasteiger partial charge in [-0.05, 0) is 25.1 Å². The molecule has 0 radical (unpaired) electrons. The van der Waals surface area contributed by atoms with Crippen molar-refractivity contribution in [2.75, 3.05) is 0 Å². The highest BCUT2D eigenvalue weighted by Crippen LogP contribution is 2.33. The number of amides is 1.